The molecule has 4 nitrogen and oxygen atoms in total. The molecule has 1 aromatic carbocycles. The van der Waals surface area contributed by atoms with Crippen LogP contribution in [0.2, 0.25) is 0 Å². The largest absolute Gasteiger partial charge is 0.493 e. The van der Waals surface area contributed by atoms with E-state index in [1.54, 1.807) is 14.2 Å². The summed E-state index contributed by atoms with van der Waals surface area (Å²) in [5, 5.41) is 0. The highest BCUT2D eigenvalue weighted by Crippen LogP contribution is 2.28. The zero-order valence-electron chi connectivity index (χ0n) is 13.8. The first-order valence-corrected chi connectivity index (χ1v) is 7.49. The van der Waals surface area contributed by atoms with Crippen molar-refractivity contribution in [1.82, 2.24) is 4.90 Å². The van der Waals surface area contributed by atoms with E-state index in [2.05, 4.69) is 6.92 Å². The molecule has 1 rings (SSSR count). The van der Waals surface area contributed by atoms with E-state index in [0.29, 0.717) is 17.9 Å². The Morgan fingerprint density at radius 3 is 2.48 bits per heavy atom. The van der Waals surface area contributed by atoms with Gasteiger partial charge in [0.25, 0.3) is 0 Å². The fraction of sp³-hybridized carbons (Fsp3) is 0.588. The summed E-state index contributed by atoms with van der Waals surface area (Å²) in [7, 11) is 5.12. The number of nitrogens with zero attached hydrogens (tertiary/aromatic N) is 1. The van der Waals surface area contributed by atoms with Crippen LogP contribution < -0.4 is 9.47 Å². The molecule has 1 aromatic rings. The maximum Gasteiger partial charge on any atom is 0.225 e. The second kappa shape index (κ2) is 8.55. The van der Waals surface area contributed by atoms with Crippen molar-refractivity contribution >= 4 is 5.91 Å². The van der Waals surface area contributed by atoms with Gasteiger partial charge in [0.15, 0.2) is 11.5 Å². The topological polar surface area (TPSA) is 38.8 Å². The molecule has 0 saturated heterocycles. The number of carbonyl (C=O) groups is 1. The number of hydrogen-bond acceptors (Lipinski definition) is 3. The molecule has 0 N–H and O–H groups in total. The maximum absolute atomic E-state index is 12.3. The van der Waals surface area contributed by atoms with Gasteiger partial charge in [-0.25, -0.2) is 0 Å². The van der Waals surface area contributed by atoms with E-state index >= 15 is 0 Å². The molecule has 0 fully saturated rings. The Morgan fingerprint density at radius 2 is 1.90 bits per heavy atom. The monoisotopic (exact) mass is 293 g/mol. The van der Waals surface area contributed by atoms with E-state index in [-0.39, 0.29) is 11.8 Å². The van der Waals surface area contributed by atoms with Crippen LogP contribution in [0.15, 0.2) is 18.2 Å². The van der Waals surface area contributed by atoms with Crippen molar-refractivity contribution in [2.75, 3.05) is 27.8 Å². The SMILES string of the molecule is CCCCN(C)C(=O)C(C)Cc1ccc(OC)c(OC)c1. The first-order chi connectivity index (χ1) is 10.0. The molecular weight excluding hydrogens is 266 g/mol. The highest BCUT2D eigenvalue weighted by atomic mass is 16.5. The summed E-state index contributed by atoms with van der Waals surface area (Å²) in [4.78, 5) is 14.1. The molecule has 4 heteroatoms. The summed E-state index contributed by atoms with van der Waals surface area (Å²) in [5.41, 5.74) is 1.08. The maximum atomic E-state index is 12.3. The predicted molar refractivity (Wildman–Crippen MR) is 85.0 cm³/mol. The zero-order chi connectivity index (χ0) is 15.8. The molecule has 0 aliphatic rings. The number of ether oxygens (including phenoxy) is 2. The smallest absolute Gasteiger partial charge is 0.225 e. The molecular formula is C17H27NO3. The molecule has 0 aliphatic heterocycles. The van der Waals surface area contributed by atoms with Gasteiger partial charge in [0, 0.05) is 19.5 Å². The number of amides is 1. The van der Waals surface area contributed by atoms with E-state index in [1.807, 2.05) is 37.1 Å². The van der Waals surface area contributed by atoms with Crippen LogP contribution in [0.4, 0.5) is 0 Å². The Labute approximate surface area is 128 Å². The summed E-state index contributed by atoms with van der Waals surface area (Å²) in [6.45, 7) is 4.93. The highest BCUT2D eigenvalue weighted by molar-refractivity contribution is 5.78. The summed E-state index contributed by atoms with van der Waals surface area (Å²) < 4.78 is 10.5. The van der Waals surface area contributed by atoms with Gasteiger partial charge >= 0.3 is 0 Å². The fourth-order valence-electron chi connectivity index (χ4n) is 2.33. The van der Waals surface area contributed by atoms with Gasteiger partial charge in [-0.05, 0) is 30.5 Å². The molecule has 0 aromatic heterocycles. The quantitative estimate of drug-likeness (QED) is 0.739. The van der Waals surface area contributed by atoms with E-state index in [1.165, 1.54) is 0 Å². The molecule has 0 spiro atoms. The predicted octanol–water partition coefficient (Wildman–Crippen LogP) is 3.14. The molecule has 21 heavy (non-hydrogen) atoms. The number of unbranched alkanes of at least 4 members (excludes halogenated alkanes) is 1. The van der Waals surface area contributed by atoms with Crippen molar-refractivity contribution in [2.45, 2.75) is 33.1 Å². The molecule has 0 radical (unpaired) electrons. The number of benzene rings is 1. The second-order valence-corrected chi connectivity index (χ2v) is 5.41. The third-order valence-corrected chi connectivity index (χ3v) is 3.63. The van der Waals surface area contributed by atoms with Crippen LogP contribution in [-0.2, 0) is 11.2 Å². The lowest BCUT2D eigenvalue weighted by molar-refractivity contribution is -0.133. The van der Waals surface area contributed by atoms with Gasteiger partial charge in [-0.15, -0.1) is 0 Å². The summed E-state index contributed by atoms with van der Waals surface area (Å²) in [5.74, 6) is 1.57. The van der Waals surface area contributed by atoms with Crippen molar-refractivity contribution in [1.29, 1.82) is 0 Å². The Morgan fingerprint density at radius 1 is 1.24 bits per heavy atom. The average Bonchev–Trinajstić information content (AvgIpc) is 2.51. The minimum absolute atomic E-state index is 0.0371. The lowest BCUT2D eigenvalue weighted by Gasteiger charge is -2.21. The van der Waals surface area contributed by atoms with E-state index in [0.717, 1.165) is 24.9 Å². The van der Waals surface area contributed by atoms with Gasteiger partial charge in [-0.1, -0.05) is 26.3 Å². The first kappa shape index (κ1) is 17.3. The van der Waals surface area contributed by atoms with E-state index in [4.69, 9.17) is 9.47 Å². The van der Waals surface area contributed by atoms with E-state index < -0.39 is 0 Å². The van der Waals surface area contributed by atoms with E-state index in [9.17, 15) is 4.79 Å². The Bertz CT molecular complexity index is 459. The average molecular weight is 293 g/mol. The normalized spacial score (nSPS) is 11.9. The van der Waals surface area contributed by atoms with Crippen LogP contribution in [0.3, 0.4) is 0 Å². The number of methoxy groups -OCH3 is 2. The summed E-state index contributed by atoms with van der Waals surface area (Å²) >= 11 is 0. The summed E-state index contributed by atoms with van der Waals surface area (Å²) in [6, 6.07) is 5.80. The zero-order valence-corrected chi connectivity index (χ0v) is 13.8. The van der Waals surface area contributed by atoms with Crippen molar-refractivity contribution < 1.29 is 14.3 Å². The van der Waals surface area contributed by atoms with Crippen LogP contribution in [0.25, 0.3) is 0 Å². The van der Waals surface area contributed by atoms with Crippen LogP contribution in [0, 0.1) is 5.92 Å². The molecule has 0 bridgehead atoms. The van der Waals surface area contributed by atoms with Crippen molar-refractivity contribution in [2.24, 2.45) is 5.92 Å². The molecule has 118 valence electrons. The molecule has 0 saturated carbocycles. The van der Waals surface area contributed by atoms with Crippen LogP contribution >= 0.6 is 0 Å². The Hall–Kier alpha value is -1.71. The van der Waals surface area contributed by atoms with Crippen molar-refractivity contribution in [3.8, 4) is 11.5 Å². The standard InChI is InChI=1S/C17H27NO3/c1-6-7-10-18(3)17(19)13(2)11-14-8-9-15(20-4)16(12-14)21-5/h8-9,12-13H,6-7,10-11H2,1-5H3. The van der Waals surface area contributed by atoms with Crippen molar-refractivity contribution in [3.05, 3.63) is 23.8 Å². The molecule has 0 heterocycles. The number of hydrogen-bond donors (Lipinski definition) is 0. The van der Waals surface area contributed by atoms with Gasteiger partial charge in [0.2, 0.25) is 5.91 Å². The molecule has 0 aliphatic carbocycles. The lowest BCUT2D eigenvalue weighted by atomic mass is 9.99. The number of carbonyl (C=O) groups excluding carboxylic acids is 1. The van der Waals surface area contributed by atoms with Crippen LogP contribution in [-0.4, -0.2) is 38.6 Å². The van der Waals surface area contributed by atoms with Gasteiger partial charge < -0.3 is 14.4 Å². The highest BCUT2D eigenvalue weighted by Gasteiger charge is 2.18. The van der Waals surface area contributed by atoms with Gasteiger partial charge in [-0.3, -0.25) is 4.79 Å². The second-order valence-electron chi connectivity index (χ2n) is 5.41. The molecule has 1 atom stereocenters. The third-order valence-electron chi connectivity index (χ3n) is 3.63. The minimum Gasteiger partial charge on any atom is -0.493 e. The lowest BCUT2D eigenvalue weighted by Crippen LogP contribution is -2.33. The Kier molecular flexibility index (Phi) is 7.06. The van der Waals surface area contributed by atoms with Gasteiger partial charge in [0.1, 0.15) is 0 Å². The molecule has 1 amide bonds. The van der Waals surface area contributed by atoms with Gasteiger partial charge in [0.05, 0.1) is 14.2 Å². The van der Waals surface area contributed by atoms with Gasteiger partial charge in [-0.2, -0.15) is 0 Å². The fourth-order valence-corrected chi connectivity index (χ4v) is 2.33. The van der Waals surface area contributed by atoms with Crippen molar-refractivity contribution in [3.63, 3.8) is 0 Å². The van der Waals surface area contributed by atoms with Crippen LogP contribution in [0.5, 0.6) is 11.5 Å². The Balaban J connectivity index is 2.69. The van der Waals surface area contributed by atoms with Crippen LogP contribution in [0.1, 0.15) is 32.3 Å². The molecule has 1 unspecified atom stereocenters. The third kappa shape index (κ3) is 4.96. The number of rotatable bonds is 8. The minimum atomic E-state index is -0.0371. The first-order valence-electron chi connectivity index (χ1n) is 7.49. The summed E-state index contributed by atoms with van der Waals surface area (Å²) in [6.07, 6.45) is 2.85.